The molecule has 2 aromatic heterocycles. The first-order valence-corrected chi connectivity index (χ1v) is 6.78. The second-order valence-corrected chi connectivity index (χ2v) is 4.48. The number of aromatic nitrogens is 2. The molecule has 3 aromatic rings. The monoisotopic (exact) mass is 513 g/mol. The first kappa shape index (κ1) is 20.1. The van der Waals surface area contributed by atoms with Gasteiger partial charge in [0.15, 0.2) is 0 Å². The van der Waals surface area contributed by atoms with Crippen molar-refractivity contribution in [2.45, 2.75) is 0 Å². The molecule has 0 saturated heterocycles. The number of nitrogens with zero attached hydrogens (tertiary/aromatic N) is 3. The van der Waals surface area contributed by atoms with E-state index in [4.69, 9.17) is 10.4 Å². The molecule has 5 nitrogen and oxygen atoms in total. The molecule has 0 fully saturated rings. The minimum absolute atomic E-state index is 0. The second-order valence-electron chi connectivity index (χ2n) is 4.48. The smallest absolute Gasteiger partial charge is 0.354 e. The fourth-order valence-electron chi connectivity index (χ4n) is 1.67. The van der Waals surface area contributed by atoms with Gasteiger partial charge in [-0.3, -0.25) is 4.39 Å². The van der Waals surface area contributed by atoms with E-state index >= 15 is 0 Å². The van der Waals surface area contributed by atoms with Gasteiger partial charge in [0, 0.05) is 38.3 Å². The van der Waals surface area contributed by atoms with Crippen LogP contribution in [0.1, 0.15) is 16.1 Å². The largest absolute Gasteiger partial charge is 0.477 e. The molecule has 1 radical (unpaired) electrons. The molecule has 0 amide bonds. The second kappa shape index (κ2) is 10.0. The van der Waals surface area contributed by atoms with Crippen LogP contribution in [0, 0.1) is 23.2 Å². The average molecular weight is 513 g/mol. The van der Waals surface area contributed by atoms with Gasteiger partial charge >= 0.3 is 5.97 Å². The number of benzene rings is 1. The van der Waals surface area contributed by atoms with Crippen LogP contribution < -0.4 is 0 Å². The van der Waals surface area contributed by atoms with Crippen molar-refractivity contribution in [1.29, 1.82) is 5.26 Å². The van der Waals surface area contributed by atoms with Crippen LogP contribution >= 0.6 is 0 Å². The van der Waals surface area contributed by atoms with Gasteiger partial charge < -0.3 is 10.1 Å². The Balaban J connectivity index is 0.000000244. The normalized spacial score (nSPS) is 8.96. The summed E-state index contributed by atoms with van der Waals surface area (Å²) >= 11 is 0. The molecule has 3 rings (SSSR count). The maximum atomic E-state index is 12.6. The molecule has 1 N–H and O–H groups in total. The maximum Gasteiger partial charge on any atom is 0.354 e. The Bertz CT molecular complexity index is 848. The fraction of sp³-hybridized carbons (Fsp3) is 0. The summed E-state index contributed by atoms with van der Waals surface area (Å²) in [5, 5.41) is 16.7. The third-order valence-corrected chi connectivity index (χ3v) is 2.83. The summed E-state index contributed by atoms with van der Waals surface area (Å²) in [6.45, 7) is 0. The Labute approximate surface area is 157 Å². The van der Waals surface area contributed by atoms with Crippen LogP contribution in [0.3, 0.4) is 0 Å². The van der Waals surface area contributed by atoms with Crippen molar-refractivity contribution in [3.8, 4) is 17.3 Å². The number of hydrogen-bond acceptors (Lipinski definition) is 4. The van der Waals surface area contributed by atoms with E-state index in [1.807, 2.05) is 24.3 Å². The van der Waals surface area contributed by atoms with Crippen molar-refractivity contribution in [1.82, 2.24) is 9.97 Å². The molecule has 1 aromatic carbocycles. The minimum atomic E-state index is -1.09. The first-order valence-electron chi connectivity index (χ1n) is 6.78. The van der Waals surface area contributed by atoms with E-state index in [0.29, 0.717) is 5.56 Å². The summed E-state index contributed by atoms with van der Waals surface area (Å²) in [7, 11) is 0. The average Bonchev–Trinajstić information content (AvgIpc) is 2.63. The predicted octanol–water partition coefficient (Wildman–Crippen LogP) is 3.34. The van der Waals surface area contributed by atoms with Gasteiger partial charge in [0.25, 0.3) is 0 Å². The zero-order chi connectivity index (χ0) is 17.4. The summed E-state index contributed by atoms with van der Waals surface area (Å²) in [6.07, 6.45) is 2.93. The standard InChI is InChI=1S/C11H7FN.C7H4N2O2.Ir/c12-10-6-4-9(5-7-10)11-3-1-2-8-13-11;8-3-5-1-2-6(7(10)11)9-4-5;/h1-4,6-8H;1-2,4H,(H,10,11);/q-1;;. The van der Waals surface area contributed by atoms with Crippen LogP contribution in [0.25, 0.3) is 11.3 Å². The van der Waals surface area contributed by atoms with Gasteiger partial charge in [0.1, 0.15) is 11.8 Å². The van der Waals surface area contributed by atoms with Crippen molar-refractivity contribution in [3.63, 3.8) is 0 Å². The molecule has 7 heteroatoms. The van der Waals surface area contributed by atoms with E-state index in [2.05, 4.69) is 16.0 Å². The topological polar surface area (TPSA) is 86.9 Å². The van der Waals surface area contributed by atoms with Crippen LogP contribution in [-0.2, 0) is 20.1 Å². The summed E-state index contributed by atoms with van der Waals surface area (Å²) in [4.78, 5) is 17.9. The predicted molar refractivity (Wildman–Crippen MR) is 84.4 cm³/mol. The van der Waals surface area contributed by atoms with Crippen molar-refractivity contribution in [2.75, 3.05) is 0 Å². The zero-order valence-electron chi connectivity index (χ0n) is 12.7. The van der Waals surface area contributed by atoms with Crippen LogP contribution in [0.4, 0.5) is 4.39 Å². The Morgan fingerprint density at radius 3 is 2.44 bits per heavy atom. The van der Waals surface area contributed by atoms with Crippen molar-refractivity contribution in [3.05, 3.63) is 84.1 Å². The Kier molecular flexibility index (Phi) is 8.07. The quantitative estimate of drug-likeness (QED) is 0.533. The molecule has 0 aliphatic rings. The van der Waals surface area contributed by atoms with Crippen LogP contribution in [0.15, 0.2) is 60.9 Å². The number of nitriles is 1. The molecule has 0 unspecified atom stereocenters. The third-order valence-electron chi connectivity index (χ3n) is 2.83. The molecule has 2 heterocycles. The number of aromatic carboxylic acids is 1. The van der Waals surface area contributed by atoms with Crippen LogP contribution in [0.5, 0.6) is 0 Å². The maximum absolute atomic E-state index is 12.6. The zero-order valence-corrected chi connectivity index (χ0v) is 15.1. The van der Waals surface area contributed by atoms with Crippen molar-refractivity contribution in [2.24, 2.45) is 0 Å². The number of halogens is 1. The SMILES string of the molecule is Fc1c[c-]c(-c2ccccn2)cc1.N#Cc1ccc(C(=O)O)nc1.[Ir]. The third kappa shape index (κ3) is 6.22. The molecule has 0 saturated carbocycles. The van der Waals surface area contributed by atoms with Gasteiger partial charge in [0.2, 0.25) is 0 Å². The summed E-state index contributed by atoms with van der Waals surface area (Å²) in [6, 6.07) is 17.3. The number of carboxylic acid groups (broad SMARTS) is 1. The Hall–Kier alpha value is -2.94. The van der Waals surface area contributed by atoms with Gasteiger partial charge in [-0.2, -0.15) is 5.26 Å². The molecular formula is C18H11FIrN3O2-. The molecule has 0 atom stereocenters. The molecule has 0 aliphatic carbocycles. The van der Waals surface area contributed by atoms with E-state index in [1.54, 1.807) is 12.3 Å². The van der Waals surface area contributed by atoms with Gasteiger partial charge in [-0.1, -0.05) is 12.1 Å². The van der Waals surface area contributed by atoms with Crippen molar-refractivity contribution < 1.29 is 34.4 Å². The molecule has 127 valence electrons. The van der Waals surface area contributed by atoms with E-state index < -0.39 is 5.97 Å². The van der Waals surface area contributed by atoms with Crippen LogP contribution in [0.2, 0.25) is 0 Å². The van der Waals surface area contributed by atoms with Gasteiger partial charge in [0.05, 0.1) is 5.56 Å². The molecular weight excluding hydrogens is 501 g/mol. The number of rotatable bonds is 2. The first-order chi connectivity index (χ1) is 11.6. The fourth-order valence-corrected chi connectivity index (χ4v) is 1.67. The van der Waals surface area contributed by atoms with E-state index in [1.165, 1.54) is 30.5 Å². The van der Waals surface area contributed by atoms with Crippen molar-refractivity contribution >= 4 is 5.97 Å². The van der Waals surface area contributed by atoms with Crippen LogP contribution in [-0.4, -0.2) is 21.0 Å². The van der Waals surface area contributed by atoms with E-state index in [9.17, 15) is 9.18 Å². The van der Waals surface area contributed by atoms with Gasteiger partial charge in [-0.05, 0) is 23.9 Å². The summed E-state index contributed by atoms with van der Waals surface area (Å²) < 4.78 is 12.6. The molecule has 25 heavy (non-hydrogen) atoms. The molecule has 0 spiro atoms. The number of pyridine rings is 2. The summed E-state index contributed by atoms with van der Waals surface area (Å²) in [5.41, 5.74) is 1.92. The number of carboxylic acids is 1. The minimum Gasteiger partial charge on any atom is -0.477 e. The van der Waals surface area contributed by atoms with Gasteiger partial charge in [-0.15, -0.1) is 29.8 Å². The number of hydrogen-bond donors (Lipinski definition) is 1. The Morgan fingerprint density at radius 2 is 1.96 bits per heavy atom. The summed E-state index contributed by atoms with van der Waals surface area (Å²) in [5.74, 6) is -1.37. The van der Waals surface area contributed by atoms with Gasteiger partial charge in [-0.25, -0.2) is 9.78 Å². The number of carbonyl (C=O) groups is 1. The molecule has 0 aliphatic heterocycles. The molecule has 0 bridgehead atoms. The van der Waals surface area contributed by atoms with E-state index in [0.717, 1.165) is 11.3 Å². The Morgan fingerprint density at radius 1 is 1.16 bits per heavy atom. The van der Waals surface area contributed by atoms with E-state index in [-0.39, 0.29) is 31.6 Å².